The number of fused-ring (bicyclic) bond motifs is 2. The first-order valence-electron chi connectivity index (χ1n) is 12.0. The highest BCUT2D eigenvalue weighted by molar-refractivity contribution is 7.92. The van der Waals surface area contributed by atoms with E-state index < -0.39 is 10.0 Å². The Bertz CT molecular complexity index is 1440. The minimum absolute atomic E-state index is 0.00991. The monoisotopic (exact) mass is 511 g/mol. The average Bonchev–Trinajstić information content (AvgIpc) is 3.33. The molecule has 2 aliphatic heterocycles. The van der Waals surface area contributed by atoms with Gasteiger partial charge in [0.15, 0.2) is 16.9 Å². The van der Waals surface area contributed by atoms with Crippen LogP contribution in [0.4, 0.5) is 5.69 Å². The van der Waals surface area contributed by atoms with E-state index in [1.165, 1.54) is 6.08 Å². The highest BCUT2D eigenvalue weighted by Crippen LogP contribution is 2.35. The normalized spacial score (nSPS) is 16.3. The Kier molecular flexibility index (Phi) is 6.99. The number of rotatable bonds is 8. The van der Waals surface area contributed by atoms with Crippen molar-refractivity contribution in [2.45, 2.75) is 19.3 Å². The van der Waals surface area contributed by atoms with E-state index in [9.17, 15) is 13.2 Å². The summed E-state index contributed by atoms with van der Waals surface area (Å²) in [5, 5.41) is 6.59. The molecule has 1 aromatic heterocycles. The molecule has 1 fully saturated rings. The van der Waals surface area contributed by atoms with Crippen molar-refractivity contribution < 1.29 is 22.3 Å². The third-order valence-corrected chi connectivity index (χ3v) is 7.08. The molecule has 2 aromatic carbocycles. The second-order valence-corrected chi connectivity index (χ2v) is 10.5. The Morgan fingerprint density at radius 3 is 2.56 bits per heavy atom. The summed E-state index contributed by atoms with van der Waals surface area (Å²) in [6.45, 7) is 4.82. The van der Waals surface area contributed by atoms with Crippen molar-refractivity contribution in [1.82, 2.24) is 4.90 Å². The summed E-state index contributed by atoms with van der Waals surface area (Å²) in [5.74, 6) is 1.18. The maximum Gasteiger partial charge on any atom is 0.231 e. The quantitative estimate of drug-likeness (QED) is 0.459. The molecule has 0 amide bonds. The third kappa shape index (κ3) is 5.72. The van der Waals surface area contributed by atoms with Crippen LogP contribution >= 0.6 is 0 Å². The van der Waals surface area contributed by atoms with Crippen LogP contribution in [0.2, 0.25) is 0 Å². The van der Waals surface area contributed by atoms with Gasteiger partial charge in [0.2, 0.25) is 16.8 Å². The Morgan fingerprint density at radius 1 is 1.00 bits per heavy atom. The van der Waals surface area contributed by atoms with Crippen molar-refractivity contribution in [1.29, 1.82) is 0 Å². The Labute approximate surface area is 209 Å². The molecule has 0 unspecified atom stereocenters. The number of anilines is 1. The van der Waals surface area contributed by atoms with Crippen molar-refractivity contribution in [3.63, 3.8) is 0 Å². The summed E-state index contributed by atoms with van der Waals surface area (Å²) in [6, 6.07) is 11.2. The number of sulfonamides is 1. The lowest BCUT2D eigenvalue weighted by molar-refractivity contribution is 0.174. The maximum absolute atomic E-state index is 12.9. The van der Waals surface area contributed by atoms with Crippen LogP contribution in [-0.4, -0.2) is 52.8 Å². The van der Waals surface area contributed by atoms with Gasteiger partial charge >= 0.3 is 0 Å². The fraction of sp³-hybridized carbons (Fsp3) is 0.346. The topological polar surface area (TPSA) is 115 Å². The minimum Gasteiger partial charge on any atom is -0.464 e. The molecule has 0 saturated carbocycles. The molecule has 1 saturated heterocycles. The lowest BCUT2D eigenvalue weighted by Gasteiger charge is -2.36. The van der Waals surface area contributed by atoms with Crippen LogP contribution in [0.5, 0.6) is 11.5 Å². The van der Waals surface area contributed by atoms with Gasteiger partial charge in [0.25, 0.3) is 0 Å². The molecule has 3 aromatic rings. The van der Waals surface area contributed by atoms with E-state index in [-0.39, 0.29) is 12.2 Å². The molecular formula is C26H29N3O6S. The van der Waals surface area contributed by atoms with Gasteiger partial charge in [0.1, 0.15) is 5.58 Å². The van der Waals surface area contributed by atoms with E-state index in [2.05, 4.69) is 9.80 Å². The van der Waals surface area contributed by atoms with Gasteiger partial charge in [-0.15, -0.1) is 0 Å². The molecular weight excluding hydrogens is 482 g/mol. The predicted molar refractivity (Wildman–Crippen MR) is 139 cm³/mol. The fourth-order valence-corrected chi connectivity index (χ4v) is 4.96. The van der Waals surface area contributed by atoms with Crippen LogP contribution in [-0.2, 0) is 16.4 Å². The Hall–Kier alpha value is -3.34. The highest BCUT2D eigenvalue weighted by Gasteiger charge is 2.19. The molecule has 0 bridgehead atoms. The van der Waals surface area contributed by atoms with Gasteiger partial charge in [-0.2, -0.15) is 0 Å². The van der Waals surface area contributed by atoms with Crippen LogP contribution < -0.4 is 24.9 Å². The van der Waals surface area contributed by atoms with Crippen molar-refractivity contribution in [2.24, 2.45) is 5.14 Å². The first kappa shape index (κ1) is 24.4. The minimum atomic E-state index is -3.64. The number of benzene rings is 2. The van der Waals surface area contributed by atoms with Gasteiger partial charge in [-0.25, -0.2) is 13.6 Å². The van der Waals surface area contributed by atoms with Crippen molar-refractivity contribution in [2.75, 3.05) is 44.4 Å². The molecule has 3 heterocycles. The molecule has 0 atom stereocenters. The zero-order chi connectivity index (χ0) is 25.1. The van der Waals surface area contributed by atoms with Crippen LogP contribution in [0.3, 0.4) is 0 Å². The molecule has 36 heavy (non-hydrogen) atoms. The zero-order valence-corrected chi connectivity index (χ0v) is 20.7. The summed E-state index contributed by atoms with van der Waals surface area (Å²) in [6.07, 6.45) is 5.65. The van der Waals surface area contributed by atoms with Crippen LogP contribution in [0.1, 0.15) is 24.0 Å². The number of primary sulfonamides is 1. The molecule has 2 aliphatic rings. The van der Waals surface area contributed by atoms with E-state index in [4.69, 9.17) is 19.0 Å². The number of ether oxygens (including phenoxy) is 2. The van der Waals surface area contributed by atoms with Crippen molar-refractivity contribution >= 4 is 32.8 Å². The first-order chi connectivity index (χ1) is 17.4. The largest absolute Gasteiger partial charge is 0.464 e. The van der Waals surface area contributed by atoms with Crippen LogP contribution in [0.15, 0.2) is 57.3 Å². The van der Waals surface area contributed by atoms with Gasteiger partial charge in [0, 0.05) is 48.9 Å². The van der Waals surface area contributed by atoms with Gasteiger partial charge in [-0.3, -0.25) is 9.69 Å². The number of nitrogens with zero attached hydrogens (tertiary/aromatic N) is 2. The molecule has 2 N–H and O–H groups in total. The summed E-state index contributed by atoms with van der Waals surface area (Å²) in [5.41, 5.74) is 3.05. The summed E-state index contributed by atoms with van der Waals surface area (Å²) < 4.78 is 38.8. The lowest BCUT2D eigenvalue weighted by Crippen LogP contribution is -2.46. The third-order valence-electron chi connectivity index (χ3n) is 6.57. The SMILES string of the molecule is NS(=O)(=O)C=Cc1cccc(N2CCN(CCCCc3coc4cc5c(cc4c3=O)OCO5)CC2)c1. The van der Waals surface area contributed by atoms with E-state index in [0.717, 1.165) is 62.2 Å². The summed E-state index contributed by atoms with van der Waals surface area (Å²) >= 11 is 0. The maximum atomic E-state index is 12.9. The molecule has 10 heteroatoms. The molecule has 9 nitrogen and oxygen atoms in total. The summed E-state index contributed by atoms with van der Waals surface area (Å²) in [4.78, 5) is 17.6. The predicted octanol–water partition coefficient (Wildman–Crippen LogP) is 2.93. The number of nitrogens with two attached hydrogens (primary N) is 1. The second kappa shape index (κ2) is 10.3. The fourth-order valence-electron chi connectivity index (χ4n) is 4.61. The van der Waals surface area contributed by atoms with Gasteiger partial charge in [0.05, 0.1) is 11.6 Å². The van der Waals surface area contributed by atoms with Crippen LogP contribution in [0.25, 0.3) is 17.0 Å². The van der Waals surface area contributed by atoms with Crippen LogP contribution in [0, 0.1) is 0 Å². The van der Waals surface area contributed by atoms with Crippen molar-refractivity contribution in [3.05, 3.63) is 69.4 Å². The van der Waals surface area contributed by atoms with Gasteiger partial charge in [-0.1, -0.05) is 12.1 Å². The second-order valence-electron chi connectivity index (χ2n) is 9.06. The molecule has 0 aliphatic carbocycles. The number of piperazine rings is 1. The number of unbranched alkanes of at least 4 members (excludes halogenated alkanes) is 1. The zero-order valence-electron chi connectivity index (χ0n) is 19.9. The number of aryl methyl sites for hydroxylation is 1. The molecule has 190 valence electrons. The number of hydrogen-bond donors (Lipinski definition) is 1. The smallest absolute Gasteiger partial charge is 0.231 e. The van der Waals surface area contributed by atoms with Crippen molar-refractivity contribution in [3.8, 4) is 11.5 Å². The number of hydrogen-bond acceptors (Lipinski definition) is 8. The standard InChI is InChI=1S/C26H29N3O6S/c27-36(31,32)13-7-19-4-3-6-21(14-19)29-11-9-28(10-12-29)8-2-1-5-20-17-33-23-16-25-24(34-18-35-25)15-22(23)26(20)30/h3-4,6-7,13-17H,1-2,5,8-12,18H2,(H2,27,31,32). The Balaban J connectivity index is 1.10. The molecule has 0 radical (unpaired) electrons. The molecule has 0 spiro atoms. The van der Waals surface area contributed by atoms with E-state index in [1.54, 1.807) is 18.4 Å². The first-order valence-corrected chi connectivity index (χ1v) is 13.6. The van der Waals surface area contributed by atoms with Gasteiger partial charge in [-0.05, 0) is 55.6 Å². The van der Waals surface area contributed by atoms with E-state index in [0.29, 0.717) is 34.5 Å². The highest BCUT2D eigenvalue weighted by atomic mass is 32.2. The summed E-state index contributed by atoms with van der Waals surface area (Å²) in [7, 11) is -3.64. The molecule has 5 rings (SSSR count). The average molecular weight is 512 g/mol. The van der Waals surface area contributed by atoms with E-state index >= 15 is 0 Å². The van der Waals surface area contributed by atoms with Gasteiger partial charge < -0.3 is 18.8 Å². The Morgan fingerprint density at radius 2 is 1.78 bits per heavy atom. The van der Waals surface area contributed by atoms with E-state index in [1.807, 2.05) is 24.3 Å². The lowest BCUT2D eigenvalue weighted by atomic mass is 10.1.